The van der Waals surface area contributed by atoms with Crippen LogP contribution in [0.4, 0.5) is 0 Å². The fraction of sp³-hybridized carbons (Fsp3) is 0.538. The zero-order valence-corrected chi connectivity index (χ0v) is 18.5. The summed E-state index contributed by atoms with van der Waals surface area (Å²) in [5.74, 6) is 1.02. The molecule has 2 aromatic carbocycles. The summed E-state index contributed by atoms with van der Waals surface area (Å²) < 4.78 is 5.81. The molecule has 4 rings (SSSR count). The molecule has 0 saturated heterocycles. The van der Waals surface area contributed by atoms with Crippen molar-refractivity contribution in [1.82, 2.24) is 0 Å². The van der Waals surface area contributed by atoms with E-state index in [1.807, 2.05) is 7.11 Å². The van der Waals surface area contributed by atoms with Crippen LogP contribution in [0.25, 0.3) is 11.1 Å². The third kappa shape index (κ3) is 4.16. The first-order valence-electron chi connectivity index (χ1n) is 11.3. The van der Waals surface area contributed by atoms with Crippen LogP contribution in [0.5, 0.6) is 5.75 Å². The minimum absolute atomic E-state index is 0.122. The highest BCUT2D eigenvalue weighted by molar-refractivity contribution is 7.67. The van der Waals surface area contributed by atoms with Gasteiger partial charge in [0.2, 0.25) is 0 Å². The minimum Gasteiger partial charge on any atom is -0.496 e. The maximum absolute atomic E-state index is 5.81. The van der Waals surface area contributed by atoms with E-state index in [0.29, 0.717) is 0 Å². The Labute approximate surface area is 172 Å². The van der Waals surface area contributed by atoms with Gasteiger partial charge in [-0.05, 0) is 66.4 Å². The van der Waals surface area contributed by atoms with E-state index in [-0.39, 0.29) is 7.92 Å². The Morgan fingerprint density at radius 3 is 1.96 bits per heavy atom. The number of ether oxygens (including phenoxy) is 1. The van der Waals surface area contributed by atoms with Crippen molar-refractivity contribution in [1.29, 1.82) is 0 Å². The maximum atomic E-state index is 5.81. The summed E-state index contributed by atoms with van der Waals surface area (Å²) in [5.41, 5.74) is 5.93. The molecule has 0 N–H and O–H groups in total. The molecule has 0 aliphatic heterocycles. The van der Waals surface area contributed by atoms with Crippen LogP contribution in [0.3, 0.4) is 0 Å². The molecule has 2 aliphatic rings. The highest BCUT2D eigenvalue weighted by Crippen LogP contribution is 2.56. The number of rotatable bonds is 5. The van der Waals surface area contributed by atoms with Crippen molar-refractivity contribution in [3.8, 4) is 16.9 Å². The van der Waals surface area contributed by atoms with Crippen molar-refractivity contribution < 1.29 is 4.74 Å². The van der Waals surface area contributed by atoms with Crippen LogP contribution >= 0.6 is 7.92 Å². The van der Waals surface area contributed by atoms with E-state index in [9.17, 15) is 0 Å². The van der Waals surface area contributed by atoms with E-state index in [1.165, 1.54) is 80.9 Å². The normalized spacial score (nSPS) is 19.1. The fourth-order valence-electron chi connectivity index (χ4n) is 5.48. The molecule has 0 bridgehead atoms. The lowest BCUT2D eigenvalue weighted by atomic mass is 9.99. The molecule has 0 amide bonds. The van der Waals surface area contributed by atoms with E-state index in [1.54, 1.807) is 5.30 Å². The first-order chi connectivity index (χ1) is 13.8. The van der Waals surface area contributed by atoms with Crippen LogP contribution in [-0.4, -0.2) is 18.4 Å². The molecule has 150 valence electrons. The van der Waals surface area contributed by atoms with Crippen molar-refractivity contribution >= 4 is 13.2 Å². The van der Waals surface area contributed by atoms with Gasteiger partial charge in [0.1, 0.15) is 5.75 Å². The second-order valence-corrected chi connectivity index (χ2v) is 11.4. The number of aryl methyl sites for hydroxylation is 1. The van der Waals surface area contributed by atoms with Crippen LogP contribution < -0.4 is 10.0 Å². The van der Waals surface area contributed by atoms with Gasteiger partial charge in [-0.1, -0.05) is 82.8 Å². The Bertz CT molecular complexity index is 754. The molecule has 2 fully saturated rings. The lowest BCUT2D eigenvalue weighted by molar-refractivity contribution is 0.416. The van der Waals surface area contributed by atoms with E-state index < -0.39 is 0 Å². The topological polar surface area (TPSA) is 9.23 Å². The quantitative estimate of drug-likeness (QED) is 0.479. The van der Waals surface area contributed by atoms with Crippen molar-refractivity contribution in [2.45, 2.75) is 82.4 Å². The van der Waals surface area contributed by atoms with Crippen LogP contribution in [0.1, 0.15) is 69.8 Å². The van der Waals surface area contributed by atoms with Crippen LogP contribution in [-0.2, 0) is 0 Å². The van der Waals surface area contributed by atoms with Gasteiger partial charge in [0.15, 0.2) is 0 Å². The molecule has 2 aliphatic carbocycles. The predicted octanol–water partition coefficient (Wildman–Crippen LogP) is 7.44. The molecule has 0 heterocycles. The van der Waals surface area contributed by atoms with E-state index in [0.717, 1.165) is 17.1 Å². The van der Waals surface area contributed by atoms with Crippen molar-refractivity contribution in [3.63, 3.8) is 0 Å². The van der Waals surface area contributed by atoms with Gasteiger partial charge in [0.25, 0.3) is 0 Å². The molecule has 0 spiro atoms. The van der Waals surface area contributed by atoms with Gasteiger partial charge in [-0.3, -0.25) is 0 Å². The van der Waals surface area contributed by atoms with Gasteiger partial charge in [-0.25, -0.2) is 0 Å². The van der Waals surface area contributed by atoms with Gasteiger partial charge in [-0.15, -0.1) is 0 Å². The zero-order valence-electron chi connectivity index (χ0n) is 17.6. The summed E-state index contributed by atoms with van der Waals surface area (Å²) in [6.07, 6.45) is 14.4. The Morgan fingerprint density at radius 2 is 1.36 bits per heavy atom. The summed E-state index contributed by atoms with van der Waals surface area (Å²) in [6.45, 7) is 2.23. The molecule has 28 heavy (non-hydrogen) atoms. The van der Waals surface area contributed by atoms with Gasteiger partial charge in [0, 0.05) is 5.56 Å². The Morgan fingerprint density at radius 1 is 0.750 bits per heavy atom. The number of benzene rings is 2. The van der Waals surface area contributed by atoms with E-state index in [2.05, 4.69) is 49.4 Å². The van der Waals surface area contributed by atoms with Gasteiger partial charge >= 0.3 is 0 Å². The smallest absolute Gasteiger partial charge is 0.126 e. The Kier molecular flexibility index (Phi) is 6.73. The minimum atomic E-state index is -0.122. The largest absolute Gasteiger partial charge is 0.496 e. The first-order valence-corrected chi connectivity index (χ1v) is 12.8. The Hall–Kier alpha value is -1.33. The van der Waals surface area contributed by atoms with Crippen molar-refractivity contribution in [2.75, 3.05) is 7.11 Å². The van der Waals surface area contributed by atoms with E-state index in [4.69, 9.17) is 4.74 Å². The van der Waals surface area contributed by atoms with Crippen molar-refractivity contribution in [3.05, 3.63) is 48.0 Å². The summed E-state index contributed by atoms with van der Waals surface area (Å²) in [5, 5.41) is 1.66. The van der Waals surface area contributed by atoms with Crippen LogP contribution in [0, 0.1) is 6.92 Å². The molecule has 0 unspecified atom stereocenters. The third-order valence-corrected chi connectivity index (χ3v) is 10.4. The van der Waals surface area contributed by atoms with Crippen LogP contribution in [0.15, 0.2) is 42.5 Å². The highest BCUT2D eigenvalue weighted by atomic mass is 31.1. The second kappa shape index (κ2) is 9.45. The number of hydrogen-bond donors (Lipinski definition) is 0. The molecule has 2 saturated carbocycles. The van der Waals surface area contributed by atoms with Gasteiger partial charge in [0.05, 0.1) is 7.11 Å². The summed E-state index contributed by atoms with van der Waals surface area (Å²) in [4.78, 5) is 0. The molecular weight excluding hydrogens is 359 g/mol. The second-order valence-electron chi connectivity index (χ2n) is 8.66. The maximum Gasteiger partial charge on any atom is 0.126 e. The van der Waals surface area contributed by atoms with Gasteiger partial charge in [-0.2, -0.15) is 0 Å². The van der Waals surface area contributed by atoms with E-state index >= 15 is 0 Å². The molecule has 1 nitrogen and oxygen atoms in total. The molecular formula is C26H35OP. The predicted molar refractivity (Wildman–Crippen MR) is 123 cm³/mol. The molecule has 0 radical (unpaired) electrons. The van der Waals surface area contributed by atoms with Gasteiger partial charge < -0.3 is 4.74 Å². The molecule has 2 aromatic rings. The SMILES string of the molecule is COc1cccc(C)c1-c1ccccc1P(C1CCCCC1)C1CCCCC1. The lowest BCUT2D eigenvalue weighted by Gasteiger charge is -2.39. The monoisotopic (exact) mass is 394 g/mol. The number of hydrogen-bond acceptors (Lipinski definition) is 1. The fourth-order valence-corrected chi connectivity index (χ4v) is 9.43. The standard InChI is InChI=1S/C26H35OP/c1-20-12-11-18-24(27-2)26(20)23-17-9-10-19-25(23)28(21-13-5-3-6-14-21)22-15-7-4-8-16-22/h9-12,17-19,21-22H,3-8,13-16H2,1-2H3. The summed E-state index contributed by atoms with van der Waals surface area (Å²) in [7, 11) is 1.69. The van der Waals surface area contributed by atoms with Crippen LogP contribution in [0.2, 0.25) is 0 Å². The summed E-state index contributed by atoms with van der Waals surface area (Å²) in [6, 6.07) is 15.8. The summed E-state index contributed by atoms with van der Waals surface area (Å²) >= 11 is 0. The number of methoxy groups -OCH3 is 1. The Balaban J connectivity index is 1.81. The van der Waals surface area contributed by atoms with Crippen molar-refractivity contribution in [2.24, 2.45) is 0 Å². The average molecular weight is 395 g/mol. The third-order valence-electron chi connectivity index (χ3n) is 6.84. The highest BCUT2D eigenvalue weighted by Gasteiger charge is 2.34. The lowest BCUT2D eigenvalue weighted by Crippen LogP contribution is -2.27. The molecule has 0 atom stereocenters. The molecule has 2 heteroatoms. The molecule has 0 aromatic heterocycles. The first kappa shape index (κ1) is 20.0. The average Bonchev–Trinajstić information content (AvgIpc) is 2.76. The zero-order chi connectivity index (χ0) is 19.3.